The molecule has 0 N–H and O–H groups in total. The normalized spacial score (nSPS) is 13.2. The smallest absolute Gasteiger partial charge is 0.0553 e. The predicted molar refractivity (Wildman–Crippen MR) is 306 cm³/mol. The molecule has 3 aliphatic rings. The van der Waals surface area contributed by atoms with Crippen LogP contribution in [0.1, 0.15) is 16.7 Å². The molecule has 13 aromatic rings. The van der Waals surface area contributed by atoms with Crippen molar-refractivity contribution < 1.29 is 0 Å². The largest absolute Gasteiger partial charge is 0.316 e. The summed E-state index contributed by atoms with van der Waals surface area (Å²) in [6, 6.07) is 77.2. The van der Waals surface area contributed by atoms with Crippen molar-refractivity contribution in [2.75, 3.05) is 0 Å². The van der Waals surface area contributed by atoms with Gasteiger partial charge in [-0.2, -0.15) is 0 Å². The van der Waals surface area contributed by atoms with Crippen molar-refractivity contribution in [1.29, 1.82) is 0 Å². The van der Waals surface area contributed by atoms with Gasteiger partial charge in [-0.25, -0.2) is 0 Å². The molecule has 2 nitrogen and oxygen atoms in total. The average molecular weight is 913 g/mol. The van der Waals surface area contributed by atoms with E-state index in [1.807, 2.05) is 6.08 Å². The zero-order valence-electron chi connectivity index (χ0n) is 39.5. The molecule has 2 heterocycles. The summed E-state index contributed by atoms with van der Waals surface area (Å²) >= 11 is 0. The Kier molecular flexibility index (Phi) is 8.19. The van der Waals surface area contributed by atoms with Gasteiger partial charge in [0.2, 0.25) is 0 Å². The van der Waals surface area contributed by atoms with Gasteiger partial charge in [0.1, 0.15) is 0 Å². The van der Waals surface area contributed by atoms with Crippen LogP contribution in [0, 0.1) is 0 Å². The van der Waals surface area contributed by atoms with Crippen molar-refractivity contribution in [1.82, 2.24) is 9.13 Å². The van der Waals surface area contributed by atoms with Crippen LogP contribution in [0.4, 0.5) is 0 Å². The van der Waals surface area contributed by atoms with Crippen LogP contribution in [0.2, 0.25) is 0 Å². The van der Waals surface area contributed by atoms with Crippen LogP contribution >= 0.6 is 0 Å². The van der Waals surface area contributed by atoms with Gasteiger partial charge in [-0.05, 0) is 172 Å². The fourth-order valence-corrected chi connectivity index (χ4v) is 13.3. The van der Waals surface area contributed by atoms with Crippen molar-refractivity contribution in [2.45, 2.75) is 12.8 Å². The van der Waals surface area contributed by atoms with E-state index in [1.165, 1.54) is 149 Å². The standard InChI is InChI=1S/C70H44N2/c1-2-15-42(43-16-5-3-6-17-43)36-37-71-62-35-34-52-55(69(62)70-57-27-14-25-54-48-20-9-11-22-50(48)59(67(54)57)40-64(70)71)33-30-46-38-63-61(39-58(46)52)68-56-26-13-24-53-49-21-10-12-23-51(49)60(66(53)56)41-65(68)72(63)47-31-28-45(29-32-47)44-18-7-4-8-19-44/h2-29,31-32,34-41H,1,30,33H2/b37-36-,42-15+. The summed E-state index contributed by atoms with van der Waals surface area (Å²) in [5.41, 5.74) is 26.9. The van der Waals surface area contributed by atoms with E-state index < -0.39 is 0 Å². The highest BCUT2D eigenvalue weighted by atomic mass is 15.0. The second-order valence-corrected chi connectivity index (χ2v) is 19.9. The number of hydrogen-bond acceptors (Lipinski definition) is 0. The number of allylic oxidation sites excluding steroid dienone is 4. The zero-order valence-corrected chi connectivity index (χ0v) is 39.5. The Labute approximate surface area is 417 Å². The van der Waals surface area contributed by atoms with E-state index in [1.54, 1.807) is 0 Å². The summed E-state index contributed by atoms with van der Waals surface area (Å²) in [6.07, 6.45) is 10.5. The van der Waals surface area contributed by atoms with E-state index in [0.717, 1.165) is 24.0 Å². The van der Waals surface area contributed by atoms with Gasteiger partial charge in [0.25, 0.3) is 0 Å². The van der Waals surface area contributed by atoms with Gasteiger partial charge in [-0.1, -0.05) is 183 Å². The Balaban J connectivity index is 0.972. The molecule has 2 heteroatoms. The molecule has 0 saturated heterocycles. The van der Waals surface area contributed by atoms with Crippen LogP contribution in [0.5, 0.6) is 0 Å². The van der Waals surface area contributed by atoms with Crippen molar-refractivity contribution in [3.8, 4) is 72.4 Å². The third-order valence-electron chi connectivity index (χ3n) is 16.3. The fourth-order valence-electron chi connectivity index (χ4n) is 13.3. The third-order valence-corrected chi connectivity index (χ3v) is 16.3. The molecule has 11 aromatic carbocycles. The Morgan fingerprint density at radius 3 is 1.67 bits per heavy atom. The Bertz CT molecular complexity index is 4590. The number of aromatic nitrogens is 2. The highest BCUT2D eigenvalue weighted by Crippen LogP contribution is 2.55. The molecule has 3 aliphatic carbocycles. The van der Waals surface area contributed by atoms with E-state index in [9.17, 15) is 0 Å². The summed E-state index contributed by atoms with van der Waals surface area (Å²) in [5.74, 6) is 0. The van der Waals surface area contributed by atoms with Gasteiger partial charge >= 0.3 is 0 Å². The van der Waals surface area contributed by atoms with Crippen LogP contribution in [-0.2, 0) is 12.8 Å². The maximum atomic E-state index is 4.10. The lowest BCUT2D eigenvalue weighted by molar-refractivity contribution is 0.952. The number of nitrogens with zero attached hydrogens (tertiary/aromatic N) is 2. The number of aryl methyl sites for hydroxylation is 2. The van der Waals surface area contributed by atoms with Gasteiger partial charge < -0.3 is 9.13 Å². The lowest BCUT2D eigenvalue weighted by Crippen LogP contribution is -2.05. The number of rotatable bonds is 6. The first kappa shape index (κ1) is 39.6. The lowest BCUT2D eigenvalue weighted by Gasteiger charge is -2.22. The van der Waals surface area contributed by atoms with Crippen molar-refractivity contribution in [2.24, 2.45) is 0 Å². The first-order valence-electron chi connectivity index (χ1n) is 25.2. The maximum absolute atomic E-state index is 4.10. The SMILES string of the molecule is C=C/C=C(\C=C/n1c2ccc3c(c2c2c4cccc5c4c(cc21)-c1ccccc1-5)CCc1cc2c(cc1-3)c1c3cccc4c3c(cc1n2-c1ccc(-c2ccccc2)cc1)-c1ccccc1-4)c1ccccc1. The molecule has 0 aliphatic heterocycles. The molecule has 0 radical (unpaired) electrons. The molecule has 2 aromatic heterocycles. The summed E-state index contributed by atoms with van der Waals surface area (Å²) in [7, 11) is 0. The minimum atomic E-state index is 0.946. The summed E-state index contributed by atoms with van der Waals surface area (Å²) in [5, 5.41) is 10.6. The highest BCUT2D eigenvalue weighted by molar-refractivity contribution is 6.32. The van der Waals surface area contributed by atoms with Crippen molar-refractivity contribution >= 4 is 76.9 Å². The molecule has 0 saturated carbocycles. The Morgan fingerprint density at radius 1 is 0.389 bits per heavy atom. The van der Waals surface area contributed by atoms with Crippen LogP contribution in [-0.4, -0.2) is 9.13 Å². The minimum Gasteiger partial charge on any atom is -0.316 e. The Hall–Kier alpha value is -9.24. The lowest BCUT2D eigenvalue weighted by atomic mass is 9.82. The molecule has 0 amide bonds. The topological polar surface area (TPSA) is 9.86 Å². The number of fused-ring (bicyclic) bond motifs is 18. The monoisotopic (exact) mass is 912 g/mol. The number of hydrogen-bond donors (Lipinski definition) is 0. The number of benzene rings is 11. The molecule has 0 bridgehead atoms. The molecule has 0 fully saturated rings. The van der Waals surface area contributed by atoms with Crippen LogP contribution in [0.15, 0.2) is 231 Å². The van der Waals surface area contributed by atoms with Gasteiger partial charge in [0.15, 0.2) is 0 Å². The van der Waals surface area contributed by atoms with E-state index in [0.29, 0.717) is 0 Å². The summed E-state index contributed by atoms with van der Waals surface area (Å²) in [4.78, 5) is 0. The summed E-state index contributed by atoms with van der Waals surface area (Å²) in [6.45, 7) is 4.10. The molecule has 0 unspecified atom stereocenters. The van der Waals surface area contributed by atoms with Gasteiger partial charge in [0, 0.05) is 33.4 Å². The van der Waals surface area contributed by atoms with Crippen molar-refractivity contribution in [3.63, 3.8) is 0 Å². The van der Waals surface area contributed by atoms with E-state index in [4.69, 9.17) is 0 Å². The minimum absolute atomic E-state index is 0.946. The van der Waals surface area contributed by atoms with E-state index >= 15 is 0 Å². The molecular formula is C70H44N2. The van der Waals surface area contributed by atoms with E-state index in [2.05, 4.69) is 240 Å². The Morgan fingerprint density at radius 2 is 0.986 bits per heavy atom. The van der Waals surface area contributed by atoms with Gasteiger partial charge in [-0.15, -0.1) is 0 Å². The maximum Gasteiger partial charge on any atom is 0.0553 e. The molecule has 0 spiro atoms. The predicted octanol–water partition coefficient (Wildman–Crippen LogP) is 18.7. The second-order valence-electron chi connectivity index (χ2n) is 19.9. The molecular weight excluding hydrogens is 869 g/mol. The molecule has 72 heavy (non-hydrogen) atoms. The first-order chi connectivity index (χ1) is 35.7. The van der Waals surface area contributed by atoms with Gasteiger partial charge in [0.05, 0.1) is 22.1 Å². The second kappa shape index (κ2) is 14.9. The van der Waals surface area contributed by atoms with Gasteiger partial charge in [-0.3, -0.25) is 0 Å². The first-order valence-corrected chi connectivity index (χ1v) is 25.2. The van der Waals surface area contributed by atoms with E-state index in [-0.39, 0.29) is 0 Å². The molecule has 0 atom stereocenters. The third kappa shape index (κ3) is 5.38. The van der Waals surface area contributed by atoms with Crippen LogP contribution in [0.3, 0.4) is 0 Å². The van der Waals surface area contributed by atoms with Crippen molar-refractivity contribution in [3.05, 3.63) is 248 Å². The molecule has 334 valence electrons. The fraction of sp³-hybridized carbons (Fsp3) is 0.0286. The van der Waals surface area contributed by atoms with Crippen LogP contribution < -0.4 is 0 Å². The zero-order chi connectivity index (χ0) is 47.2. The highest BCUT2D eigenvalue weighted by Gasteiger charge is 2.30. The summed E-state index contributed by atoms with van der Waals surface area (Å²) < 4.78 is 5.01. The van der Waals surface area contributed by atoms with Crippen LogP contribution in [0.25, 0.3) is 149 Å². The average Bonchev–Trinajstić information content (AvgIpc) is 4.16. The quantitative estimate of drug-likeness (QED) is 0.147. The molecule has 16 rings (SSSR count).